The summed E-state index contributed by atoms with van der Waals surface area (Å²) in [4.78, 5) is 0. The molecule has 1 nitrogen and oxygen atoms in total. The molecule has 0 heterocycles. The molecular weight excluding hydrogens is 357 g/mol. The third-order valence-corrected chi connectivity index (χ3v) is 3.54. The van der Waals surface area contributed by atoms with E-state index in [0.29, 0.717) is 10.6 Å². The van der Waals surface area contributed by atoms with E-state index in [4.69, 9.17) is 11.6 Å². The summed E-state index contributed by atoms with van der Waals surface area (Å²) in [5, 5.41) is 9.89. The number of nitriles is 1. The molecule has 18 heavy (non-hydrogen) atoms. The number of allylic oxidation sites excluding steroid dienone is 1. The van der Waals surface area contributed by atoms with Crippen LogP contribution in [0.4, 0.5) is 0 Å². The highest BCUT2D eigenvalue weighted by atomic mass is 127. The smallest absolute Gasteiger partial charge is 0.0998 e. The molecule has 0 radical (unpaired) electrons. The molecule has 0 aliphatic carbocycles. The van der Waals surface area contributed by atoms with Crippen molar-refractivity contribution in [1.29, 1.82) is 5.26 Å². The molecule has 0 fully saturated rings. The molecule has 0 N–H and O–H groups in total. The van der Waals surface area contributed by atoms with Crippen molar-refractivity contribution in [3.8, 4) is 6.07 Å². The second-order valence-electron chi connectivity index (χ2n) is 3.70. The van der Waals surface area contributed by atoms with Gasteiger partial charge < -0.3 is 0 Å². The molecular formula is C15H9ClIN. The molecule has 2 aromatic rings. The van der Waals surface area contributed by atoms with Gasteiger partial charge in [0.25, 0.3) is 0 Å². The first-order valence-corrected chi connectivity index (χ1v) is 6.78. The van der Waals surface area contributed by atoms with Crippen LogP contribution in [0.3, 0.4) is 0 Å². The molecule has 0 saturated heterocycles. The second kappa shape index (κ2) is 6.03. The van der Waals surface area contributed by atoms with Crippen molar-refractivity contribution >= 4 is 45.8 Å². The fourth-order valence-corrected chi connectivity index (χ4v) is 2.11. The maximum absolute atomic E-state index is 9.24. The van der Waals surface area contributed by atoms with E-state index in [0.717, 1.165) is 14.7 Å². The first-order valence-electron chi connectivity index (χ1n) is 5.33. The van der Waals surface area contributed by atoms with Gasteiger partial charge in [-0.25, -0.2) is 0 Å². The number of nitrogens with zero attached hydrogens (tertiary/aromatic N) is 1. The van der Waals surface area contributed by atoms with Crippen LogP contribution in [0.1, 0.15) is 11.1 Å². The van der Waals surface area contributed by atoms with E-state index in [-0.39, 0.29) is 0 Å². The summed E-state index contributed by atoms with van der Waals surface area (Å²) in [5.74, 6) is 0. The normalized spacial score (nSPS) is 11.1. The topological polar surface area (TPSA) is 23.8 Å². The van der Waals surface area contributed by atoms with Crippen LogP contribution in [0, 0.1) is 14.9 Å². The summed E-state index contributed by atoms with van der Waals surface area (Å²) >= 11 is 8.32. The van der Waals surface area contributed by atoms with Crippen LogP contribution in [0.5, 0.6) is 0 Å². The Morgan fingerprint density at radius 2 is 1.78 bits per heavy atom. The summed E-state index contributed by atoms with van der Waals surface area (Å²) in [6.45, 7) is 0. The monoisotopic (exact) mass is 365 g/mol. The van der Waals surface area contributed by atoms with Gasteiger partial charge in [0.1, 0.15) is 0 Å². The summed E-state index contributed by atoms with van der Waals surface area (Å²) in [6, 6.07) is 17.5. The van der Waals surface area contributed by atoms with Crippen molar-refractivity contribution in [2.24, 2.45) is 0 Å². The molecule has 0 bridgehead atoms. The van der Waals surface area contributed by atoms with E-state index in [2.05, 4.69) is 28.7 Å². The van der Waals surface area contributed by atoms with Crippen LogP contribution in [-0.4, -0.2) is 0 Å². The number of hydrogen-bond donors (Lipinski definition) is 0. The SMILES string of the molecule is N#C/C(=C/c1ccccc1Cl)c1ccc(I)cc1. The minimum atomic E-state index is 0.611. The summed E-state index contributed by atoms with van der Waals surface area (Å²) in [7, 11) is 0. The zero-order valence-electron chi connectivity index (χ0n) is 9.40. The molecule has 2 aromatic carbocycles. The Morgan fingerprint density at radius 3 is 2.39 bits per heavy atom. The summed E-state index contributed by atoms with van der Waals surface area (Å²) < 4.78 is 1.14. The lowest BCUT2D eigenvalue weighted by atomic mass is 10.0. The molecule has 0 aliphatic rings. The third kappa shape index (κ3) is 3.12. The van der Waals surface area contributed by atoms with Gasteiger partial charge in [-0.2, -0.15) is 5.26 Å². The number of halogens is 2. The Bertz CT molecular complexity index is 624. The largest absolute Gasteiger partial charge is 0.192 e. The van der Waals surface area contributed by atoms with Gasteiger partial charge in [-0.15, -0.1) is 0 Å². The minimum absolute atomic E-state index is 0.611. The average molecular weight is 366 g/mol. The zero-order valence-corrected chi connectivity index (χ0v) is 12.3. The van der Waals surface area contributed by atoms with E-state index in [1.165, 1.54) is 0 Å². The molecule has 0 unspecified atom stereocenters. The highest BCUT2D eigenvalue weighted by Crippen LogP contribution is 2.23. The van der Waals surface area contributed by atoms with Gasteiger partial charge in [0.05, 0.1) is 11.6 Å². The quantitative estimate of drug-likeness (QED) is 0.417. The van der Waals surface area contributed by atoms with Gasteiger partial charge in [-0.1, -0.05) is 41.9 Å². The highest BCUT2D eigenvalue weighted by Gasteiger charge is 2.02. The van der Waals surface area contributed by atoms with Gasteiger partial charge in [-0.3, -0.25) is 0 Å². The second-order valence-corrected chi connectivity index (χ2v) is 5.35. The van der Waals surface area contributed by atoms with Crippen molar-refractivity contribution < 1.29 is 0 Å². The zero-order chi connectivity index (χ0) is 13.0. The fourth-order valence-electron chi connectivity index (χ4n) is 1.56. The number of benzene rings is 2. The van der Waals surface area contributed by atoms with Gasteiger partial charge in [0, 0.05) is 8.59 Å². The van der Waals surface area contributed by atoms with E-state index in [1.807, 2.05) is 54.6 Å². The molecule has 0 aromatic heterocycles. The predicted octanol–water partition coefficient (Wildman–Crippen LogP) is 5.01. The van der Waals surface area contributed by atoms with Crippen molar-refractivity contribution in [1.82, 2.24) is 0 Å². The van der Waals surface area contributed by atoms with Crippen LogP contribution in [0.25, 0.3) is 11.6 Å². The standard InChI is InChI=1S/C15H9ClIN/c16-15-4-2-1-3-12(15)9-13(10-18)11-5-7-14(17)8-6-11/h1-9H/b13-9-. The lowest BCUT2D eigenvalue weighted by Crippen LogP contribution is -1.83. The maximum Gasteiger partial charge on any atom is 0.0998 e. The van der Waals surface area contributed by atoms with Crippen LogP contribution in [0.15, 0.2) is 48.5 Å². The molecule has 0 atom stereocenters. The predicted molar refractivity (Wildman–Crippen MR) is 84.1 cm³/mol. The lowest BCUT2D eigenvalue weighted by molar-refractivity contribution is 1.52. The molecule has 0 amide bonds. The summed E-state index contributed by atoms with van der Waals surface area (Å²) in [6.07, 6.45) is 1.81. The Kier molecular flexibility index (Phi) is 4.40. The van der Waals surface area contributed by atoms with E-state index >= 15 is 0 Å². The van der Waals surface area contributed by atoms with Crippen molar-refractivity contribution in [3.63, 3.8) is 0 Å². The van der Waals surface area contributed by atoms with Crippen molar-refractivity contribution in [3.05, 3.63) is 68.3 Å². The van der Waals surface area contributed by atoms with Crippen molar-refractivity contribution in [2.45, 2.75) is 0 Å². The lowest BCUT2D eigenvalue weighted by Gasteiger charge is -2.01. The first kappa shape index (κ1) is 13.1. The first-order chi connectivity index (χ1) is 8.70. The van der Waals surface area contributed by atoms with E-state index in [1.54, 1.807) is 0 Å². The van der Waals surface area contributed by atoms with Crippen LogP contribution in [0.2, 0.25) is 5.02 Å². The molecule has 0 saturated carbocycles. The van der Waals surface area contributed by atoms with E-state index in [9.17, 15) is 5.26 Å². The molecule has 0 spiro atoms. The van der Waals surface area contributed by atoms with Gasteiger partial charge in [0.15, 0.2) is 0 Å². The molecule has 3 heteroatoms. The number of hydrogen-bond acceptors (Lipinski definition) is 1. The molecule has 0 aliphatic heterocycles. The summed E-state index contributed by atoms with van der Waals surface area (Å²) in [5.41, 5.74) is 2.37. The number of rotatable bonds is 2. The molecule has 2 rings (SSSR count). The Labute approximate surface area is 125 Å². The van der Waals surface area contributed by atoms with Crippen molar-refractivity contribution in [2.75, 3.05) is 0 Å². The average Bonchev–Trinajstić information content (AvgIpc) is 2.39. The minimum Gasteiger partial charge on any atom is -0.192 e. The highest BCUT2D eigenvalue weighted by molar-refractivity contribution is 14.1. The molecule has 88 valence electrons. The third-order valence-electron chi connectivity index (χ3n) is 2.48. The van der Waals surface area contributed by atoms with E-state index < -0.39 is 0 Å². The Balaban J connectivity index is 2.44. The van der Waals surface area contributed by atoms with Crippen LogP contribution < -0.4 is 0 Å². The van der Waals surface area contributed by atoms with Crippen LogP contribution in [-0.2, 0) is 0 Å². The van der Waals surface area contributed by atoms with Gasteiger partial charge >= 0.3 is 0 Å². The van der Waals surface area contributed by atoms with Crippen LogP contribution >= 0.6 is 34.2 Å². The maximum atomic E-state index is 9.24. The van der Waals surface area contributed by atoms with Gasteiger partial charge in [-0.05, 0) is 58.0 Å². The fraction of sp³-hybridized carbons (Fsp3) is 0. The van der Waals surface area contributed by atoms with Gasteiger partial charge in [0.2, 0.25) is 0 Å². The Hall–Kier alpha value is -1.31. The Morgan fingerprint density at radius 1 is 1.11 bits per heavy atom.